The van der Waals surface area contributed by atoms with Gasteiger partial charge in [0.2, 0.25) is 0 Å². The molecular weight excluding hydrogens is 238 g/mol. The second-order valence-electron chi connectivity index (χ2n) is 6.32. The van der Waals surface area contributed by atoms with Crippen molar-refractivity contribution in [1.29, 1.82) is 0 Å². The highest BCUT2D eigenvalue weighted by Crippen LogP contribution is 2.21. The van der Waals surface area contributed by atoms with Crippen LogP contribution in [0.5, 0.6) is 0 Å². The molecule has 0 radical (unpaired) electrons. The molecule has 1 saturated carbocycles. The number of amides is 2. The van der Waals surface area contributed by atoms with E-state index in [-0.39, 0.29) is 12.1 Å². The summed E-state index contributed by atoms with van der Waals surface area (Å²) < 4.78 is 0. The summed E-state index contributed by atoms with van der Waals surface area (Å²) in [7, 11) is 0. The predicted molar refractivity (Wildman–Crippen MR) is 78.0 cm³/mol. The first-order valence-electron chi connectivity index (χ1n) is 7.98. The zero-order valence-corrected chi connectivity index (χ0v) is 12.2. The maximum atomic E-state index is 12.2. The molecule has 110 valence electrons. The number of nitrogens with two attached hydrogens (primary N) is 1. The third kappa shape index (κ3) is 4.37. The number of urea groups is 1. The molecule has 0 spiro atoms. The molecule has 1 saturated heterocycles. The van der Waals surface area contributed by atoms with Gasteiger partial charge in [0, 0.05) is 25.2 Å². The number of carbonyl (C=O) groups excluding carboxylic acids is 1. The van der Waals surface area contributed by atoms with Crippen LogP contribution in [-0.4, -0.2) is 36.1 Å². The summed E-state index contributed by atoms with van der Waals surface area (Å²) in [6.07, 6.45) is 9.59. The highest BCUT2D eigenvalue weighted by Gasteiger charge is 2.26. The van der Waals surface area contributed by atoms with Crippen molar-refractivity contribution >= 4 is 6.03 Å². The van der Waals surface area contributed by atoms with E-state index in [1.807, 2.05) is 4.90 Å². The van der Waals surface area contributed by atoms with Crippen LogP contribution in [0.25, 0.3) is 0 Å². The van der Waals surface area contributed by atoms with E-state index in [4.69, 9.17) is 5.73 Å². The predicted octanol–water partition coefficient (Wildman–Crippen LogP) is 2.48. The smallest absolute Gasteiger partial charge is 0.317 e. The average Bonchev–Trinajstić information content (AvgIpc) is 2.67. The fourth-order valence-electron chi connectivity index (χ4n) is 3.32. The molecule has 1 aliphatic carbocycles. The number of hydrogen-bond donors (Lipinski definition) is 2. The summed E-state index contributed by atoms with van der Waals surface area (Å²) in [5, 5.41) is 3.23. The van der Waals surface area contributed by atoms with Crippen LogP contribution in [0, 0.1) is 5.92 Å². The largest absolute Gasteiger partial charge is 0.335 e. The van der Waals surface area contributed by atoms with Crippen LogP contribution in [0.15, 0.2) is 0 Å². The standard InChI is InChI=1S/C15H29N3O/c1-12(16)13-8-10-18(11-9-13)15(19)17-14-6-4-2-3-5-7-14/h12-14H,2-11,16H2,1H3,(H,17,19). The van der Waals surface area contributed by atoms with Crippen LogP contribution < -0.4 is 11.1 Å². The van der Waals surface area contributed by atoms with Crippen LogP contribution >= 0.6 is 0 Å². The molecule has 3 N–H and O–H groups in total. The van der Waals surface area contributed by atoms with E-state index in [2.05, 4.69) is 12.2 Å². The van der Waals surface area contributed by atoms with Crippen molar-refractivity contribution in [3.8, 4) is 0 Å². The Bertz CT molecular complexity index is 277. The number of hydrogen-bond acceptors (Lipinski definition) is 2. The first-order valence-corrected chi connectivity index (χ1v) is 7.98. The third-order valence-electron chi connectivity index (χ3n) is 4.75. The van der Waals surface area contributed by atoms with Crippen molar-refractivity contribution in [2.24, 2.45) is 11.7 Å². The second kappa shape index (κ2) is 7.13. The molecule has 0 bridgehead atoms. The van der Waals surface area contributed by atoms with Crippen LogP contribution in [0.2, 0.25) is 0 Å². The zero-order valence-electron chi connectivity index (χ0n) is 12.2. The van der Waals surface area contributed by atoms with Crippen LogP contribution in [0.4, 0.5) is 4.79 Å². The van der Waals surface area contributed by atoms with Gasteiger partial charge >= 0.3 is 6.03 Å². The van der Waals surface area contributed by atoms with Crippen molar-refractivity contribution in [1.82, 2.24) is 10.2 Å². The van der Waals surface area contributed by atoms with Gasteiger partial charge in [0.25, 0.3) is 0 Å². The zero-order chi connectivity index (χ0) is 13.7. The number of nitrogens with zero attached hydrogens (tertiary/aromatic N) is 1. The maximum Gasteiger partial charge on any atom is 0.317 e. The molecule has 0 aromatic rings. The third-order valence-corrected chi connectivity index (χ3v) is 4.75. The summed E-state index contributed by atoms with van der Waals surface area (Å²) in [6.45, 7) is 3.81. The molecule has 1 atom stereocenters. The molecular formula is C15H29N3O. The molecule has 2 aliphatic rings. The lowest BCUT2D eigenvalue weighted by Crippen LogP contribution is -2.49. The lowest BCUT2D eigenvalue weighted by Gasteiger charge is -2.34. The first kappa shape index (κ1) is 14.6. The van der Waals surface area contributed by atoms with E-state index in [0.29, 0.717) is 12.0 Å². The average molecular weight is 267 g/mol. The molecule has 1 heterocycles. The van der Waals surface area contributed by atoms with Crippen molar-refractivity contribution in [2.75, 3.05) is 13.1 Å². The minimum Gasteiger partial charge on any atom is -0.335 e. The molecule has 2 amide bonds. The van der Waals surface area contributed by atoms with Gasteiger partial charge in [0.05, 0.1) is 0 Å². The van der Waals surface area contributed by atoms with Gasteiger partial charge in [-0.25, -0.2) is 4.79 Å². The van der Waals surface area contributed by atoms with Crippen molar-refractivity contribution in [3.63, 3.8) is 0 Å². The Morgan fingerprint density at radius 2 is 1.68 bits per heavy atom. The number of carbonyl (C=O) groups is 1. The van der Waals surface area contributed by atoms with Crippen LogP contribution in [0.1, 0.15) is 58.3 Å². The molecule has 19 heavy (non-hydrogen) atoms. The molecule has 4 nitrogen and oxygen atoms in total. The summed E-state index contributed by atoms with van der Waals surface area (Å²) in [4.78, 5) is 14.2. The van der Waals surface area contributed by atoms with E-state index in [1.165, 1.54) is 25.7 Å². The van der Waals surface area contributed by atoms with E-state index in [0.717, 1.165) is 38.8 Å². The second-order valence-corrected chi connectivity index (χ2v) is 6.32. The lowest BCUT2D eigenvalue weighted by molar-refractivity contribution is 0.160. The van der Waals surface area contributed by atoms with Gasteiger partial charge in [0.15, 0.2) is 0 Å². The topological polar surface area (TPSA) is 58.4 Å². The number of likely N-dealkylation sites (tertiary alicyclic amines) is 1. The molecule has 2 rings (SSSR count). The van der Waals surface area contributed by atoms with Gasteiger partial charge in [-0.15, -0.1) is 0 Å². The van der Waals surface area contributed by atoms with Crippen LogP contribution in [0.3, 0.4) is 0 Å². The van der Waals surface area contributed by atoms with Gasteiger partial charge in [-0.3, -0.25) is 0 Å². The minimum absolute atomic E-state index is 0.148. The minimum atomic E-state index is 0.148. The Balaban J connectivity index is 1.74. The highest BCUT2D eigenvalue weighted by molar-refractivity contribution is 5.74. The van der Waals surface area contributed by atoms with Crippen molar-refractivity contribution < 1.29 is 4.79 Å². The van der Waals surface area contributed by atoms with Gasteiger partial charge in [-0.05, 0) is 38.5 Å². The van der Waals surface area contributed by atoms with Crippen molar-refractivity contribution in [2.45, 2.75) is 70.4 Å². The molecule has 0 aromatic carbocycles. The monoisotopic (exact) mass is 267 g/mol. The Labute approximate surface area is 117 Å². The Morgan fingerprint density at radius 3 is 2.21 bits per heavy atom. The summed E-state index contributed by atoms with van der Waals surface area (Å²) >= 11 is 0. The van der Waals surface area contributed by atoms with E-state index < -0.39 is 0 Å². The first-order chi connectivity index (χ1) is 9.16. The fourth-order valence-corrected chi connectivity index (χ4v) is 3.32. The molecule has 2 fully saturated rings. The number of nitrogens with one attached hydrogen (secondary N) is 1. The molecule has 4 heteroatoms. The summed E-state index contributed by atoms with van der Waals surface area (Å²) in [5.41, 5.74) is 5.94. The van der Waals surface area contributed by atoms with Crippen LogP contribution in [-0.2, 0) is 0 Å². The number of piperidine rings is 1. The van der Waals surface area contributed by atoms with Gasteiger partial charge in [0.1, 0.15) is 0 Å². The Hall–Kier alpha value is -0.770. The van der Waals surface area contributed by atoms with E-state index in [9.17, 15) is 4.79 Å². The molecule has 1 unspecified atom stereocenters. The quantitative estimate of drug-likeness (QED) is 0.755. The molecule has 0 aromatic heterocycles. The van der Waals surface area contributed by atoms with Crippen molar-refractivity contribution in [3.05, 3.63) is 0 Å². The fraction of sp³-hybridized carbons (Fsp3) is 0.933. The lowest BCUT2D eigenvalue weighted by atomic mass is 9.91. The highest BCUT2D eigenvalue weighted by atomic mass is 16.2. The SMILES string of the molecule is CC(N)C1CCN(C(=O)NC2CCCCCC2)CC1. The van der Waals surface area contributed by atoms with Gasteiger partial charge in [-0.2, -0.15) is 0 Å². The Morgan fingerprint density at radius 1 is 1.11 bits per heavy atom. The summed E-state index contributed by atoms with van der Waals surface area (Å²) in [6, 6.07) is 0.809. The number of rotatable bonds is 2. The van der Waals surface area contributed by atoms with E-state index >= 15 is 0 Å². The molecule has 1 aliphatic heterocycles. The summed E-state index contributed by atoms with van der Waals surface area (Å²) in [5.74, 6) is 0.585. The maximum absolute atomic E-state index is 12.2. The van der Waals surface area contributed by atoms with E-state index in [1.54, 1.807) is 0 Å². The van der Waals surface area contributed by atoms with Gasteiger partial charge < -0.3 is 16.0 Å². The normalized spacial score (nSPS) is 24.8. The van der Waals surface area contributed by atoms with Gasteiger partial charge in [-0.1, -0.05) is 25.7 Å². The Kier molecular flexibility index (Phi) is 5.49.